The van der Waals surface area contributed by atoms with Crippen molar-refractivity contribution < 1.29 is 0 Å². The molecule has 1 aliphatic rings. The summed E-state index contributed by atoms with van der Waals surface area (Å²) in [6.07, 6.45) is 8.26. The van der Waals surface area contributed by atoms with Gasteiger partial charge in [-0.15, -0.1) is 0 Å². The van der Waals surface area contributed by atoms with Gasteiger partial charge in [0.05, 0.1) is 0 Å². The Morgan fingerprint density at radius 1 is 1.46 bits per heavy atom. The van der Waals surface area contributed by atoms with E-state index in [1.165, 1.54) is 6.34 Å². The molecule has 0 bridgehead atoms. The molecule has 0 aromatic heterocycles. The van der Waals surface area contributed by atoms with Crippen LogP contribution in [0.1, 0.15) is 0 Å². The van der Waals surface area contributed by atoms with Crippen molar-refractivity contribution in [2.24, 2.45) is 9.98 Å². The second-order valence-corrected chi connectivity index (χ2v) is 2.34. The third-order valence-electron chi connectivity index (χ3n) is 1.40. The average Bonchev–Trinajstić information content (AvgIpc) is 2.64. The monoisotopic (exact) mass is 176 g/mol. The first-order valence-electron chi connectivity index (χ1n) is 3.88. The highest BCUT2D eigenvalue weighted by Crippen LogP contribution is 1.91. The van der Waals surface area contributed by atoms with Crippen molar-refractivity contribution in [2.45, 2.75) is 6.17 Å². The van der Waals surface area contributed by atoms with Gasteiger partial charge < -0.3 is 5.43 Å². The molecule has 0 fully saturated rings. The summed E-state index contributed by atoms with van der Waals surface area (Å²) in [5.74, 6) is 0. The normalized spacial score (nSPS) is 20.3. The molecule has 0 aliphatic carbocycles. The number of aliphatic imine (C=N–C) groups is 2. The van der Waals surface area contributed by atoms with E-state index >= 15 is 0 Å². The van der Waals surface area contributed by atoms with Crippen LogP contribution in [0.5, 0.6) is 0 Å². The lowest BCUT2D eigenvalue weighted by Gasteiger charge is -2.10. The first-order valence-corrected chi connectivity index (χ1v) is 3.88. The molecule has 68 valence electrons. The van der Waals surface area contributed by atoms with E-state index in [0.29, 0.717) is 0 Å². The minimum Gasteiger partial charge on any atom is -0.319 e. The third kappa shape index (κ3) is 3.04. The summed E-state index contributed by atoms with van der Waals surface area (Å²) < 4.78 is 0. The lowest BCUT2D eigenvalue weighted by Crippen LogP contribution is -2.38. The average molecular weight is 176 g/mol. The highest BCUT2D eigenvalue weighted by Gasteiger charge is 2.03. The predicted molar refractivity (Wildman–Crippen MR) is 55.5 cm³/mol. The number of hydrazine groups is 1. The third-order valence-corrected chi connectivity index (χ3v) is 1.40. The van der Waals surface area contributed by atoms with Crippen molar-refractivity contribution in [3.8, 4) is 0 Å². The van der Waals surface area contributed by atoms with Gasteiger partial charge in [-0.25, -0.2) is 15.4 Å². The van der Waals surface area contributed by atoms with Crippen LogP contribution in [0, 0.1) is 0 Å². The standard InChI is InChI=1S/C9H12N4/c1-3-5-8(4-2)12-13-9-6-10-7-11-9/h3-7,9,12-13H,1-2H2/b8-5+. The van der Waals surface area contributed by atoms with Gasteiger partial charge in [0.1, 0.15) is 6.34 Å². The number of allylic oxidation sites excluding steroid dienone is 3. The quantitative estimate of drug-likeness (QED) is 0.480. The fraction of sp³-hybridized carbons (Fsp3) is 0.111. The van der Waals surface area contributed by atoms with Crippen LogP contribution in [-0.4, -0.2) is 18.7 Å². The molecule has 2 N–H and O–H groups in total. The zero-order chi connectivity index (χ0) is 9.52. The second kappa shape index (κ2) is 5.05. The topological polar surface area (TPSA) is 48.8 Å². The Morgan fingerprint density at radius 2 is 2.31 bits per heavy atom. The molecule has 0 amide bonds. The maximum absolute atomic E-state index is 3.99. The Balaban J connectivity index is 2.35. The zero-order valence-corrected chi connectivity index (χ0v) is 7.27. The van der Waals surface area contributed by atoms with Crippen molar-refractivity contribution in [2.75, 3.05) is 0 Å². The van der Waals surface area contributed by atoms with Crippen LogP contribution in [-0.2, 0) is 0 Å². The number of hydrogen-bond acceptors (Lipinski definition) is 4. The Kier molecular flexibility index (Phi) is 3.66. The molecule has 1 unspecified atom stereocenters. The Morgan fingerprint density at radius 3 is 2.85 bits per heavy atom. The van der Waals surface area contributed by atoms with Gasteiger partial charge >= 0.3 is 0 Å². The van der Waals surface area contributed by atoms with Crippen LogP contribution in [0.25, 0.3) is 0 Å². The maximum atomic E-state index is 3.99. The summed E-state index contributed by atoms with van der Waals surface area (Å²) in [5.41, 5.74) is 6.70. The van der Waals surface area contributed by atoms with E-state index in [9.17, 15) is 0 Å². The number of rotatable bonds is 5. The van der Waals surface area contributed by atoms with Gasteiger partial charge in [-0.1, -0.05) is 19.2 Å². The highest BCUT2D eigenvalue weighted by molar-refractivity contribution is 5.81. The SMILES string of the molecule is C=C/C=C(\C=C)NNC1C=NC=N1. The van der Waals surface area contributed by atoms with E-state index in [0.717, 1.165) is 5.70 Å². The molecule has 0 radical (unpaired) electrons. The highest BCUT2D eigenvalue weighted by atomic mass is 15.4. The lowest BCUT2D eigenvalue weighted by molar-refractivity contribution is 0.580. The van der Waals surface area contributed by atoms with Crippen molar-refractivity contribution in [3.05, 3.63) is 37.1 Å². The van der Waals surface area contributed by atoms with Gasteiger partial charge in [0.15, 0.2) is 6.17 Å². The number of nitrogens with zero attached hydrogens (tertiary/aromatic N) is 2. The predicted octanol–water partition coefficient (Wildman–Crippen LogP) is 0.775. The summed E-state index contributed by atoms with van der Waals surface area (Å²) in [4.78, 5) is 7.82. The van der Waals surface area contributed by atoms with Crippen molar-refractivity contribution in [3.63, 3.8) is 0 Å². The van der Waals surface area contributed by atoms with Crippen LogP contribution in [0.2, 0.25) is 0 Å². The Bertz CT molecular complexity index is 263. The van der Waals surface area contributed by atoms with E-state index in [1.807, 2.05) is 0 Å². The molecule has 4 heteroatoms. The molecule has 0 aromatic rings. The summed E-state index contributed by atoms with van der Waals surface area (Å²) in [7, 11) is 0. The van der Waals surface area contributed by atoms with Crippen LogP contribution in [0.4, 0.5) is 0 Å². The second-order valence-electron chi connectivity index (χ2n) is 2.34. The Labute approximate surface area is 77.4 Å². The molecule has 1 rings (SSSR count). The van der Waals surface area contributed by atoms with Gasteiger partial charge in [0, 0.05) is 11.9 Å². The smallest absolute Gasteiger partial charge is 0.153 e. The van der Waals surface area contributed by atoms with E-state index in [4.69, 9.17) is 0 Å². The molecule has 13 heavy (non-hydrogen) atoms. The largest absolute Gasteiger partial charge is 0.319 e. The van der Waals surface area contributed by atoms with E-state index in [-0.39, 0.29) is 6.17 Å². The molecule has 0 saturated heterocycles. The maximum Gasteiger partial charge on any atom is 0.153 e. The van der Waals surface area contributed by atoms with Crippen molar-refractivity contribution >= 4 is 12.6 Å². The number of hydrogen-bond donors (Lipinski definition) is 2. The molecular weight excluding hydrogens is 164 g/mol. The van der Waals surface area contributed by atoms with Crippen LogP contribution in [0.3, 0.4) is 0 Å². The summed E-state index contributed by atoms with van der Waals surface area (Å²) in [5, 5.41) is 0. The lowest BCUT2D eigenvalue weighted by atomic mass is 10.4. The molecule has 0 saturated carbocycles. The van der Waals surface area contributed by atoms with Crippen LogP contribution in [0.15, 0.2) is 47.1 Å². The van der Waals surface area contributed by atoms with E-state index in [2.05, 4.69) is 34.0 Å². The van der Waals surface area contributed by atoms with Gasteiger partial charge in [0.25, 0.3) is 0 Å². The van der Waals surface area contributed by atoms with Gasteiger partial charge in [-0.05, 0) is 12.2 Å². The number of nitrogens with one attached hydrogen (secondary N) is 2. The first-order chi connectivity index (χ1) is 6.36. The van der Waals surface area contributed by atoms with Crippen molar-refractivity contribution in [1.82, 2.24) is 10.9 Å². The van der Waals surface area contributed by atoms with Crippen molar-refractivity contribution in [1.29, 1.82) is 0 Å². The van der Waals surface area contributed by atoms with E-state index in [1.54, 1.807) is 24.4 Å². The molecule has 1 heterocycles. The minimum atomic E-state index is -0.104. The molecule has 0 spiro atoms. The first kappa shape index (κ1) is 9.41. The summed E-state index contributed by atoms with van der Waals surface area (Å²) >= 11 is 0. The van der Waals surface area contributed by atoms with Gasteiger partial charge in [0.2, 0.25) is 0 Å². The Hall–Kier alpha value is -1.68. The molecule has 1 atom stereocenters. The summed E-state index contributed by atoms with van der Waals surface area (Å²) in [6.45, 7) is 7.21. The molecule has 4 nitrogen and oxygen atoms in total. The summed E-state index contributed by atoms with van der Waals surface area (Å²) in [6, 6.07) is 0. The molecule has 0 aromatic carbocycles. The molecule has 1 aliphatic heterocycles. The minimum absolute atomic E-state index is 0.104. The van der Waals surface area contributed by atoms with Gasteiger partial charge in [-0.2, -0.15) is 0 Å². The fourth-order valence-electron chi connectivity index (χ4n) is 0.788. The van der Waals surface area contributed by atoms with E-state index < -0.39 is 0 Å². The fourth-order valence-corrected chi connectivity index (χ4v) is 0.788. The van der Waals surface area contributed by atoms with Crippen LogP contribution >= 0.6 is 0 Å². The van der Waals surface area contributed by atoms with Crippen LogP contribution < -0.4 is 10.9 Å². The zero-order valence-electron chi connectivity index (χ0n) is 7.27. The van der Waals surface area contributed by atoms with Gasteiger partial charge in [-0.3, -0.25) is 0 Å². The molecular formula is C9H12N4.